The molecule has 0 N–H and O–H groups in total. The van der Waals surface area contributed by atoms with E-state index in [0.29, 0.717) is 0 Å². The van der Waals surface area contributed by atoms with Gasteiger partial charge in [0.2, 0.25) is 17.5 Å². The van der Waals surface area contributed by atoms with Crippen LogP contribution in [0.4, 0.5) is 20.2 Å². The van der Waals surface area contributed by atoms with Crippen LogP contribution >= 0.6 is 0 Å². The molecule has 9 nitrogen and oxygen atoms in total. The van der Waals surface area contributed by atoms with Gasteiger partial charge in [-0.1, -0.05) is 18.7 Å². The lowest BCUT2D eigenvalue weighted by Gasteiger charge is -2.18. The van der Waals surface area contributed by atoms with Gasteiger partial charge in [0, 0.05) is 36.4 Å². The van der Waals surface area contributed by atoms with Gasteiger partial charge in [0.05, 0.1) is 9.85 Å². The van der Waals surface area contributed by atoms with Crippen LogP contribution in [0.1, 0.15) is 17.5 Å². The first-order valence-corrected chi connectivity index (χ1v) is 9.85. The lowest BCUT2D eigenvalue weighted by atomic mass is 9.98. The van der Waals surface area contributed by atoms with E-state index in [4.69, 9.17) is 0 Å². The maximum absolute atomic E-state index is 13.7. The number of ketones is 1. The Kier molecular flexibility index (Phi) is 7.05. The Bertz CT molecular complexity index is 1290. The zero-order chi connectivity index (χ0) is 25.0. The summed E-state index contributed by atoms with van der Waals surface area (Å²) in [6.45, 7) is 3.40. The first-order chi connectivity index (χ1) is 16.1. The van der Waals surface area contributed by atoms with E-state index in [9.17, 15) is 38.6 Å². The maximum Gasteiger partial charge on any atom is 0.305 e. The van der Waals surface area contributed by atoms with E-state index in [-0.39, 0.29) is 41.8 Å². The molecule has 1 amide bonds. The lowest BCUT2D eigenvalue weighted by molar-refractivity contribution is -0.387. The number of Topliss-reactive ketones (excluding diaryl/α,β-unsaturated/α-hetero) is 1. The summed E-state index contributed by atoms with van der Waals surface area (Å²) in [6, 6.07) is 6.28. The highest BCUT2D eigenvalue weighted by Crippen LogP contribution is 2.26. The van der Waals surface area contributed by atoms with Crippen LogP contribution in [-0.2, 0) is 9.59 Å². The largest absolute Gasteiger partial charge is 0.334 e. The Morgan fingerprint density at radius 1 is 0.941 bits per heavy atom. The molecule has 0 aromatic heterocycles. The van der Waals surface area contributed by atoms with Gasteiger partial charge in [-0.3, -0.25) is 29.8 Å². The number of carbonyl (C=O) groups excluding carboxylic acids is 2. The third-order valence-electron chi connectivity index (χ3n) is 5.10. The van der Waals surface area contributed by atoms with Crippen LogP contribution in [0.15, 0.2) is 60.2 Å². The zero-order valence-electron chi connectivity index (χ0n) is 17.6. The topological polar surface area (TPSA) is 124 Å². The van der Waals surface area contributed by atoms with Crippen LogP contribution in [0.2, 0.25) is 0 Å². The van der Waals surface area contributed by atoms with Crippen LogP contribution in [0.3, 0.4) is 0 Å². The van der Waals surface area contributed by atoms with Crippen molar-refractivity contribution < 1.29 is 28.2 Å². The van der Waals surface area contributed by atoms with Gasteiger partial charge in [0.15, 0.2) is 5.78 Å². The third-order valence-corrected chi connectivity index (χ3v) is 5.10. The Hall–Kier alpha value is -4.54. The van der Waals surface area contributed by atoms with Gasteiger partial charge >= 0.3 is 11.4 Å². The van der Waals surface area contributed by atoms with Crippen LogP contribution in [0, 0.1) is 31.9 Å². The van der Waals surface area contributed by atoms with E-state index >= 15 is 0 Å². The van der Waals surface area contributed by atoms with Crippen LogP contribution in [0.25, 0.3) is 12.2 Å². The molecule has 1 aliphatic rings. The number of hydrogen-bond acceptors (Lipinski definition) is 6. The highest BCUT2D eigenvalue weighted by atomic mass is 19.1. The van der Waals surface area contributed by atoms with E-state index in [1.807, 2.05) is 0 Å². The highest BCUT2D eigenvalue weighted by molar-refractivity contribution is 6.14. The number of halogens is 2. The average Bonchev–Trinajstić information content (AvgIpc) is 2.94. The van der Waals surface area contributed by atoms with Gasteiger partial charge in [-0.2, -0.15) is 8.78 Å². The van der Waals surface area contributed by atoms with E-state index in [0.717, 1.165) is 30.3 Å². The first-order valence-electron chi connectivity index (χ1n) is 9.85. The molecule has 2 aromatic rings. The molecule has 0 saturated carbocycles. The number of benzene rings is 2. The van der Waals surface area contributed by atoms with Crippen LogP contribution in [-0.4, -0.2) is 39.5 Å². The van der Waals surface area contributed by atoms with E-state index in [1.54, 1.807) is 0 Å². The monoisotopic (exact) mass is 469 g/mol. The molecule has 1 aliphatic heterocycles. The average molecular weight is 469 g/mol. The minimum absolute atomic E-state index is 0.0801. The van der Waals surface area contributed by atoms with E-state index < -0.39 is 44.5 Å². The molecule has 174 valence electrons. The number of rotatable bonds is 5. The quantitative estimate of drug-likeness (QED) is 0.367. The maximum atomic E-state index is 13.7. The number of nitro benzene ring substituents is 2. The minimum Gasteiger partial charge on any atom is -0.334 e. The molecule has 1 fully saturated rings. The van der Waals surface area contributed by atoms with E-state index in [1.165, 1.54) is 29.2 Å². The van der Waals surface area contributed by atoms with Crippen molar-refractivity contribution in [3.63, 3.8) is 0 Å². The second-order valence-corrected chi connectivity index (χ2v) is 7.32. The first kappa shape index (κ1) is 24.1. The van der Waals surface area contributed by atoms with E-state index in [2.05, 4.69) is 6.58 Å². The molecular formula is C23H17F2N3O6. The standard InChI is InChI=1S/C23H17F2N3O6/c1-2-22(29)26-8-7-16(9-14-3-5-18(24)20(11-14)27(31)32)23(30)17(13-26)10-15-4-6-19(25)21(12-15)28(33)34/h2-6,9-12H,1,7-8,13H2/b16-9+,17-10+. The zero-order valence-corrected chi connectivity index (χ0v) is 17.6. The third kappa shape index (κ3) is 5.26. The van der Waals surface area contributed by atoms with Crippen molar-refractivity contribution in [3.05, 3.63) is 103 Å². The van der Waals surface area contributed by atoms with Crippen LogP contribution < -0.4 is 0 Å². The summed E-state index contributed by atoms with van der Waals surface area (Å²) >= 11 is 0. The number of nitro groups is 2. The highest BCUT2D eigenvalue weighted by Gasteiger charge is 2.26. The predicted octanol–water partition coefficient (Wildman–Crippen LogP) is 4.24. The van der Waals surface area contributed by atoms with Gasteiger partial charge in [-0.25, -0.2) is 0 Å². The summed E-state index contributed by atoms with van der Waals surface area (Å²) in [4.78, 5) is 47.1. The fraction of sp³-hybridized carbons (Fsp3) is 0.130. The lowest BCUT2D eigenvalue weighted by Crippen LogP contribution is -2.31. The number of nitrogens with zero attached hydrogens (tertiary/aromatic N) is 3. The number of hydrogen-bond donors (Lipinski definition) is 0. The summed E-state index contributed by atoms with van der Waals surface area (Å²) in [7, 11) is 0. The Morgan fingerprint density at radius 2 is 1.44 bits per heavy atom. The summed E-state index contributed by atoms with van der Waals surface area (Å²) in [6.07, 6.45) is 3.83. The second-order valence-electron chi connectivity index (χ2n) is 7.32. The van der Waals surface area contributed by atoms with Gasteiger partial charge in [-0.15, -0.1) is 0 Å². The van der Waals surface area contributed by atoms with Crippen molar-refractivity contribution in [3.8, 4) is 0 Å². The smallest absolute Gasteiger partial charge is 0.305 e. The normalized spacial score (nSPS) is 16.4. The summed E-state index contributed by atoms with van der Waals surface area (Å²) in [5.74, 6) is -3.04. The number of likely N-dealkylation sites (tertiary alicyclic amines) is 1. The molecule has 0 atom stereocenters. The molecule has 0 bridgehead atoms. The molecule has 34 heavy (non-hydrogen) atoms. The molecule has 1 heterocycles. The molecule has 0 aliphatic carbocycles. The van der Waals surface area contributed by atoms with Crippen molar-refractivity contribution in [2.75, 3.05) is 13.1 Å². The SMILES string of the molecule is C=CC(=O)N1CC/C(=C\c2ccc(F)c([N+](=O)[O-])c2)C(=O)/C(=C/c2ccc(F)c([N+](=O)[O-])c2)C1. The molecule has 2 aromatic carbocycles. The molecule has 1 saturated heterocycles. The number of carbonyl (C=O) groups is 2. The van der Waals surface area contributed by atoms with Gasteiger partial charge in [-0.05, 0) is 47.9 Å². The molecule has 0 radical (unpaired) electrons. The van der Waals surface area contributed by atoms with Crippen molar-refractivity contribution >= 4 is 35.2 Å². The van der Waals surface area contributed by atoms with Crippen molar-refractivity contribution in [2.45, 2.75) is 6.42 Å². The Morgan fingerprint density at radius 3 is 1.91 bits per heavy atom. The van der Waals surface area contributed by atoms with Gasteiger partial charge in [0.25, 0.3) is 0 Å². The molecule has 11 heteroatoms. The summed E-state index contributed by atoms with van der Waals surface area (Å²) in [5.41, 5.74) is -0.894. The fourth-order valence-electron chi connectivity index (χ4n) is 3.42. The molecule has 0 unspecified atom stereocenters. The van der Waals surface area contributed by atoms with Crippen molar-refractivity contribution in [1.29, 1.82) is 0 Å². The van der Waals surface area contributed by atoms with Gasteiger partial charge in [0.1, 0.15) is 0 Å². The van der Waals surface area contributed by atoms with Crippen LogP contribution in [0.5, 0.6) is 0 Å². The second kappa shape index (κ2) is 9.94. The molecular weight excluding hydrogens is 452 g/mol. The number of amides is 1. The summed E-state index contributed by atoms with van der Waals surface area (Å²) < 4.78 is 27.4. The van der Waals surface area contributed by atoms with Crippen molar-refractivity contribution in [1.82, 2.24) is 4.90 Å². The molecule has 3 rings (SSSR count). The minimum atomic E-state index is -1.04. The Labute approximate surface area is 191 Å². The Balaban J connectivity index is 2.08. The summed E-state index contributed by atoms with van der Waals surface area (Å²) in [5, 5.41) is 22.1. The van der Waals surface area contributed by atoms with Crippen molar-refractivity contribution in [2.24, 2.45) is 0 Å². The molecule has 0 spiro atoms. The fourth-order valence-corrected chi connectivity index (χ4v) is 3.42. The predicted molar refractivity (Wildman–Crippen MR) is 118 cm³/mol. The van der Waals surface area contributed by atoms with Gasteiger partial charge < -0.3 is 4.90 Å².